The van der Waals surface area contributed by atoms with E-state index in [1.165, 1.54) is 0 Å². The molecule has 0 fully saturated rings. The quantitative estimate of drug-likeness (QED) is 0.283. The third kappa shape index (κ3) is 4.71. The number of hydrogen-bond donors (Lipinski definition) is 0. The summed E-state index contributed by atoms with van der Waals surface area (Å²) in [6.45, 7) is 2.88. The lowest BCUT2D eigenvalue weighted by molar-refractivity contribution is 0.299. The molecule has 3 aromatic carbocycles. The van der Waals surface area contributed by atoms with Crippen molar-refractivity contribution in [1.82, 2.24) is 14.8 Å². The van der Waals surface area contributed by atoms with Crippen LogP contribution in [0, 0.1) is 6.92 Å². The summed E-state index contributed by atoms with van der Waals surface area (Å²) in [4.78, 5) is 4.60. The molecule has 0 saturated heterocycles. The van der Waals surface area contributed by atoms with Crippen molar-refractivity contribution in [3.8, 4) is 34.2 Å². The van der Waals surface area contributed by atoms with Crippen LogP contribution >= 0.6 is 0 Å². The van der Waals surface area contributed by atoms with Crippen molar-refractivity contribution in [2.24, 2.45) is 0 Å². The summed E-state index contributed by atoms with van der Waals surface area (Å²) >= 11 is 0. The highest BCUT2D eigenvalue weighted by molar-refractivity contribution is 5.65. The van der Waals surface area contributed by atoms with Gasteiger partial charge >= 0.3 is 0 Å². The minimum Gasteiger partial charge on any atom is -0.493 e. The molecular weight excluding hydrogens is 426 g/mol. The first-order chi connectivity index (χ1) is 16.7. The number of hydrogen-bond acceptors (Lipinski definition) is 5. The van der Waals surface area contributed by atoms with Crippen molar-refractivity contribution < 1.29 is 13.9 Å². The predicted octanol–water partition coefficient (Wildman–Crippen LogP) is 6.15. The van der Waals surface area contributed by atoms with Crippen LogP contribution in [-0.4, -0.2) is 21.9 Å². The number of nitrogens with zero attached hydrogens (tertiary/aromatic N) is 3. The lowest BCUT2D eigenvalue weighted by Gasteiger charge is -2.06. The highest BCUT2D eigenvalue weighted by Crippen LogP contribution is 2.28. The van der Waals surface area contributed by atoms with Crippen LogP contribution in [0.2, 0.25) is 0 Å². The topological polar surface area (TPSA) is 62.3 Å². The summed E-state index contributed by atoms with van der Waals surface area (Å²) in [6.07, 6.45) is 1.92. The largest absolute Gasteiger partial charge is 0.493 e. The Balaban J connectivity index is 1.24. The fourth-order valence-electron chi connectivity index (χ4n) is 3.73. The third-order valence-electron chi connectivity index (χ3n) is 5.55. The van der Waals surface area contributed by atoms with Gasteiger partial charge in [-0.25, -0.2) is 4.98 Å². The Kier molecular flexibility index (Phi) is 6.12. The van der Waals surface area contributed by atoms with Crippen molar-refractivity contribution in [2.75, 3.05) is 7.11 Å². The summed E-state index contributed by atoms with van der Waals surface area (Å²) in [6, 6.07) is 27.9. The summed E-state index contributed by atoms with van der Waals surface area (Å²) < 4.78 is 19.2. The van der Waals surface area contributed by atoms with Gasteiger partial charge in [0.25, 0.3) is 0 Å². The maximum absolute atomic E-state index is 5.96. The van der Waals surface area contributed by atoms with Gasteiger partial charge in [0.1, 0.15) is 29.5 Å². The fraction of sp³-hybridized carbons (Fsp3) is 0.143. The molecule has 6 nitrogen and oxygen atoms in total. The zero-order valence-electron chi connectivity index (χ0n) is 19.1. The molecule has 0 aliphatic carbocycles. The van der Waals surface area contributed by atoms with Crippen molar-refractivity contribution >= 4 is 0 Å². The van der Waals surface area contributed by atoms with Gasteiger partial charge in [0.2, 0.25) is 5.89 Å². The molecule has 0 amide bonds. The van der Waals surface area contributed by atoms with Gasteiger partial charge in [-0.1, -0.05) is 60.7 Å². The molecule has 0 bridgehead atoms. The molecule has 0 N–H and O–H groups in total. The van der Waals surface area contributed by atoms with Gasteiger partial charge in [0.05, 0.1) is 19.9 Å². The van der Waals surface area contributed by atoms with E-state index in [2.05, 4.69) is 4.98 Å². The molecule has 6 heteroatoms. The SMILES string of the molecule is COc1cn(Cc2ccc(OCc3nc(-c4ccccc4)oc3C)cc2)nc1-c1ccccc1. The van der Waals surface area contributed by atoms with Gasteiger partial charge in [0.15, 0.2) is 5.75 Å². The first-order valence-electron chi connectivity index (χ1n) is 11.1. The number of aryl methyl sites for hydroxylation is 1. The van der Waals surface area contributed by atoms with Crippen molar-refractivity contribution in [1.29, 1.82) is 0 Å². The molecule has 0 unspecified atom stereocenters. The Bertz CT molecular complexity index is 1360. The van der Waals surface area contributed by atoms with Gasteiger partial charge in [-0.05, 0) is 36.8 Å². The highest BCUT2D eigenvalue weighted by Gasteiger charge is 2.13. The lowest BCUT2D eigenvalue weighted by Crippen LogP contribution is -2.01. The number of methoxy groups -OCH3 is 1. The second-order valence-corrected chi connectivity index (χ2v) is 7.93. The molecule has 170 valence electrons. The number of rotatable bonds is 8. The Morgan fingerprint density at radius 1 is 0.853 bits per heavy atom. The zero-order chi connectivity index (χ0) is 23.3. The van der Waals surface area contributed by atoms with Gasteiger partial charge in [0, 0.05) is 11.1 Å². The van der Waals surface area contributed by atoms with E-state index in [1.807, 2.05) is 103 Å². The predicted molar refractivity (Wildman–Crippen MR) is 131 cm³/mol. The number of ether oxygens (including phenoxy) is 2. The van der Waals surface area contributed by atoms with Gasteiger partial charge < -0.3 is 13.9 Å². The first-order valence-corrected chi connectivity index (χ1v) is 11.1. The van der Waals surface area contributed by atoms with Crippen LogP contribution in [0.15, 0.2) is 95.5 Å². The van der Waals surface area contributed by atoms with E-state index in [9.17, 15) is 0 Å². The van der Waals surface area contributed by atoms with Crippen LogP contribution in [0.25, 0.3) is 22.7 Å². The van der Waals surface area contributed by atoms with Crippen LogP contribution in [0.4, 0.5) is 0 Å². The third-order valence-corrected chi connectivity index (χ3v) is 5.55. The van der Waals surface area contributed by atoms with E-state index < -0.39 is 0 Å². The highest BCUT2D eigenvalue weighted by atomic mass is 16.5. The van der Waals surface area contributed by atoms with E-state index in [4.69, 9.17) is 19.0 Å². The monoisotopic (exact) mass is 451 g/mol. The molecule has 5 rings (SSSR count). The van der Waals surface area contributed by atoms with Crippen molar-refractivity contribution in [3.05, 3.63) is 108 Å². The fourth-order valence-corrected chi connectivity index (χ4v) is 3.73. The van der Waals surface area contributed by atoms with E-state index in [0.29, 0.717) is 19.0 Å². The summed E-state index contributed by atoms with van der Waals surface area (Å²) in [5, 5.41) is 4.72. The van der Waals surface area contributed by atoms with E-state index in [1.54, 1.807) is 7.11 Å². The van der Waals surface area contributed by atoms with Gasteiger partial charge in [-0.2, -0.15) is 5.10 Å². The second kappa shape index (κ2) is 9.67. The minimum atomic E-state index is 0.346. The summed E-state index contributed by atoms with van der Waals surface area (Å²) in [5.41, 5.74) is 4.72. The standard InChI is InChI=1S/C28H25N3O3/c1-20-25(29-28(34-20)23-11-7-4-8-12-23)19-33-24-15-13-21(14-16-24)17-31-18-26(32-2)27(30-31)22-9-5-3-6-10-22/h3-16,18H,17,19H2,1-2H3. The minimum absolute atomic E-state index is 0.346. The summed E-state index contributed by atoms with van der Waals surface area (Å²) in [5.74, 6) is 2.90. The lowest BCUT2D eigenvalue weighted by atomic mass is 10.1. The molecule has 2 aromatic heterocycles. The molecule has 2 heterocycles. The Labute approximate surface area is 198 Å². The zero-order valence-corrected chi connectivity index (χ0v) is 19.1. The summed E-state index contributed by atoms with van der Waals surface area (Å²) in [7, 11) is 1.67. The van der Waals surface area contributed by atoms with Crippen molar-refractivity contribution in [2.45, 2.75) is 20.1 Å². The molecule has 0 atom stereocenters. The van der Waals surface area contributed by atoms with Crippen LogP contribution < -0.4 is 9.47 Å². The molecule has 0 aliphatic heterocycles. The average Bonchev–Trinajstić information content (AvgIpc) is 3.47. The Morgan fingerprint density at radius 2 is 1.53 bits per heavy atom. The molecule has 0 radical (unpaired) electrons. The molecule has 5 aromatic rings. The number of oxazole rings is 1. The van der Waals surface area contributed by atoms with Gasteiger partial charge in [-0.3, -0.25) is 4.68 Å². The molecule has 0 spiro atoms. The second-order valence-electron chi connectivity index (χ2n) is 7.93. The Morgan fingerprint density at radius 3 is 2.21 bits per heavy atom. The maximum Gasteiger partial charge on any atom is 0.226 e. The van der Waals surface area contributed by atoms with E-state index >= 15 is 0 Å². The van der Waals surface area contributed by atoms with Crippen LogP contribution in [0.5, 0.6) is 11.5 Å². The van der Waals surface area contributed by atoms with Crippen LogP contribution in [-0.2, 0) is 13.2 Å². The van der Waals surface area contributed by atoms with E-state index in [-0.39, 0.29) is 0 Å². The van der Waals surface area contributed by atoms with Crippen molar-refractivity contribution in [3.63, 3.8) is 0 Å². The Hall–Kier alpha value is -4.32. The average molecular weight is 452 g/mol. The molecule has 34 heavy (non-hydrogen) atoms. The first kappa shape index (κ1) is 21.5. The number of benzene rings is 3. The van der Waals surface area contributed by atoms with Crippen LogP contribution in [0.1, 0.15) is 17.0 Å². The molecular formula is C28H25N3O3. The normalized spacial score (nSPS) is 10.9. The van der Waals surface area contributed by atoms with E-state index in [0.717, 1.165) is 45.3 Å². The van der Waals surface area contributed by atoms with Crippen LogP contribution in [0.3, 0.4) is 0 Å². The molecule has 0 saturated carbocycles. The molecule has 0 aliphatic rings. The number of aromatic nitrogens is 3. The van der Waals surface area contributed by atoms with Gasteiger partial charge in [-0.15, -0.1) is 0 Å². The smallest absolute Gasteiger partial charge is 0.226 e. The maximum atomic E-state index is 5.96.